The second-order valence-corrected chi connectivity index (χ2v) is 11.6. The van der Waals surface area contributed by atoms with E-state index in [9.17, 15) is 4.79 Å². The molecule has 0 spiro atoms. The Morgan fingerprint density at radius 3 is 2.45 bits per heavy atom. The average molecular weight is 469 g/mol. The van der Waals surface area contributed by atoms with Gasteiger partial charge in [0.2, 0.25) is 0 Å². The minimum atomic E-state index is -0.622. The molecular formula is C27H36N2O3S. The fourth-order valence-electron chi connectivity index (χ4n) is 3.86. The Labute approximate surface area is 201 Å². The number of benzene rings is 1. The SMILES string of the molecule is CCOC(=O)C(C)(C)Cc1c(SC(C)(C)C)c2cc(OCc3ccccn3)ccc2n1CC. The molecule has 178 valence electrons. The zero-order valence-corrected chi connectivity index (χ0v) is 21.7. The molecule has 0 bridgehead atoms. The molecule has 0 atom stereocenters. The van der Waals surface area contributed by atoms with Crippen molar-refractivity contribution < 1.29 is 14.3 Å². The summed E-state index contributed by atoms with van der Waals surface area (Å²) in [6, 6.07) is 12.1. The van der Waals surface area contributed by atoms with Crippen LogP contribution in [0.25, 0.3) is 10.9 Å². The number of aromatic nitrogens is 2. The second kappa shape index (κ2) is 10.2. The van der Waals surface area contributed by atoms with Crippen molar-refractivity contribution in [2.24, 2.45) is 5.41 Å². The third-order valence-corrected chi connectivity index (χ3v) is 6.64. The van der Waals surface area contributed by atoms with Gasteiger partial charge in [-0.25, -0.2) is 0 Å². The van der Waals surface area contributed by atoms with Crippen LogP contribution in [-0.4, -0.2) is 26.9 Å². The van der Waals surface area contributed by atoms with E-state index in [0.29, 0.717) is 19.6 Å². The number of pyridine rings is 1. The molecule has 0 aliphatic heterocycles. The van der Waals surface area contributed by atoms with Crippen LogP contribution in [-0.2, 0) is 29.1 Å². The van der Waals surface area contributed by atoms with E-state index in [0.717, 1.165) is 28.9 Å². The first kappa shape index (κ1) is 25.2. The van der Waals surface area contributed by atoms with Gasteiger partial charge in [0.25, 0.3) is 0 Å². The predicted octanol–water partition coefficient (Wildman–Crippen LogP) is 6.66. The lowest BCUT2D eigenvalue weighted by Crippen LogP contribution is -2.30. The van der Waals surface area contributed by atoms with Crippen LogP contribution in [0.1, 0.15) is 59.9 Å². The lowest BCUT2D eigenvalue weighted by molar-refractivity contribution is -0.153. The number of nitrogens with zero attached hydrogens (tertiary/aromatic N) is 2. The molecule has 0 unspecified atom stereocenters. The molecule has 0 saturated carbocycles. The van der Waals surface area contributed by atoms with Crippen LogP contribution in [0, 0.1) is 5.41 Å². The van der Waals surface area contributed by atoms with Gasteiger partial charge in [-0.2, -0.15) is 0 Å². The highest BCUT2D eigenvalue weighted by Gasteiger charge is 2.33. The Morgan fingerprint density at radius 1 is 1.09 bits per heavy atom. The summed E-state index contributed by atoms with van der Waals surface area (Å²) in [5.41, 5.74) is 2.60. The number of esters is 1. The Hall–Kier alpha value is -2.47. The highest BCUT2D eigenvalue weighted by atomic mass is 32.2. The number of fused-ring (bicyclic) bond motifs is 1. The fourth-order valence-corrected chi connectivity index (χ4v) is 5.05. The second-order valence-electron chi connectivity index (χ2n) is 9.80. The quantitative estimate of drug-likeness (QED) is 0.260. The van der Waals surface area contributed by atoms with Gasteiger partial charge in [0, 0.05) is 45.4 Å². The third-order valence-electron chi connectivity index (χ3n) is 5.37. The van der Waals surface area contributed by atoms with E-state index >= 15 is 0 Å². The van der Waals surface area contributed by atoms with Gasteiger partial charge in [-0.3, -0.25) is 9.78 Å². The summed E-state index contributed by atoms with van der Waals surface area (Å²) in [5, 5.41) is 1.16. The molecule has 0 aliphatic rings. The number of thioether (sulfide) groups is 1. The van der Waals surface area contributed by atoms with E-state index in [1.165, 1.54) is 10.6 Å². The summed E-state index contributed by atoms with van der Waals surface area (Å²) < 4.78 is 13.8. The first-order valence-electron chi connectivity index (χ1n) is 11.6. The first-order valence-corrected chi connectivity index (χ1v) is 12.4. The number of hydrogen-bond donors (Lipinski definition) is 0. The standard InChI is InChI=1S/C27H36N2O3S/c1-8-29-22-14-13-20(32-18-19-12-10-11-15-28-19)16-21(22)24(33-26(3,4)5)23(29)17-27(6,7)25(30)31-9-2/h10-16H,8-9,17-18H2,1-7H3. The van der Waals surface area contributed by atoms with Gasteiger partial charge in [0.15, 0.2) is 0 Å². The molecule has 0 radical (unpaired) electrons. The van der Waals surface area contributed by atoms with Gasteiger partial charge < -0.3 is 14.0 Å². The maximum Gasteiger partial charge on any atom is 0.311 e. The summed E-state index contributed by atoms with van der Waals surface area (Å²) in [7, 11) is 0. The number of carbonyl (C=O) groups excluding carboxylic acids is 1. The van der Waals surface area contributed by atoms with Gasteiger partial charge in [-0.05, 0) is 58.0 Å². The molecule has 3 aromatic rings. The minimum Gasteiger partial charge on any atom is -0.487 e. The van der Waals surface area contributed by atoms with Gasteiger partial charge in [-0.1, -0.05) is 26.8 Å². The van der Waals surface area contributed by atoms with Crippen LogP contribution in [0.4, 0.5) is 0 Å². The smallest absolute Gasteiger partial charge is 0.311 e. The molecule has 0 fully saturated rings. The highest BCUT2D eigenvalue weighted by molar-refractivity contribution is 8.00. The van der Waals surface area contributed by atoms with Gasteiger partial charge >= 0.3 is 5.97 Å². The zero-order valence-electron chi connectivity index (χ0n) is 20.9. The van der Waals surface area contributed by atoms with E-state index in [4.69, 9.17) is 9.47 Å². The molecule has 2 aromatic heterocycles. The van der Waals surface area contributed by atoms with E-state index in [1.807, 2.05) is 56.8 Å². The number of rotatable bonds is 9. The molecule has 0 saturated heterocycles. The lowest BCUT2D eigenvalue weighted by atomic mass is 9.87. The van der Waals surface area contributed by atoms with Crippen molar-refractivity contribution in [2.75, 3.05) is 6.61 Å². The normalized spacial score (nSPS) is 12.2. The van der Waals surface area contributed by atoms with E-state index in [2.05, 4.69) is 49.4 Å². The summed E-state index contributed by atoms with van der Waals surface area (Å²) in [6.07, 6.45) is 2.38. The number of ether oxygens (including phenoxy) is 2. The molecule has 2 heterocycles. The Balaban J connectivity index is 2.06. The Bertz CT molecular complexity index is 1100. The first-order chi connectivity index (χ1) is 15.6. The Morgan fingerprint density at radius 2 is 1.85 bits per heavy atom. The van der Waals surface area contributed by atoms with E-state index in [-0.39, 0.29) is 10.7 Å². The average Bonchev–Trinajstić information content (AvgIpc) is 3.03. The van der Waals surface area contributed by atoms with E-state index < -0.39 is 5.41 Å². The van der Waals surface area contributed by atoms with Gasteiger partial charge in [0.05, 0.1) is 17.7 Å². The highest BCUT2D eigenvalue weighted by Crippen LogP contribution is 2.44. The maximum atomic E-state index is 12.7. The van der Waals surface area contributed by atoms with Gasteiger partial charge in [-0.15, -0.1) is 11.8 Å². The van der Waals surface area contributed by atoms with Crippen molar-refractivity contribution >= 4 is 28.6 Å². The van der Waals surface area contributed by atoms with Crippen LogP contribution < -0.4 is 4.74 Å². The van der Waals surface area contributed by atoms with Crippen molar-refractivity contribution in [3.05, 3.63) is 54.0 Å². The molecule has 0 amide bonds. The van der Waals surface area contributed by atoms with Crippen molar-refractivity contribution in [3.63, 3.8) is 0 Å². The van der Waals surface area contributed by atoms with Crippen LogP contribution in [0.5, 0.6) is 5.75 Å². The van der Waals surface area contributed by atoms with Crippen molar-refractivity contribution in [1.82, 2.24) is 9.55 Å². The number of aryl methyl sites for hydroxylation is 1. The van der Waals surface area contributed by atoms with Crippen LogP contribution in [0.2, 0.25) is 0 Å². The third kappa shape index (κ3) is 6.11. The molecule has 0 N–H and O–H groups in total. The zero-order chi connectivity index (χ0) is 24.2. The molecule has 1 aromatic carbocycles. The monoisotopic (exact) mass is 468 g/mol. The summed E-state index contributed by atoms with van der Waals surface area (Å²) in [6.45, 7) is 16.2. The molecule has 0 aliphatic carbocycles. The van der Waals surface area contributed by atoms with Crippen molar-refractivity contribution in [2.45, 2.75) is 77.7 Å². The number of carbonyl (C=O) groups is 1. The maximum absolute atomic E-state index is 12.7. The van der Waals surface area contributed by atoms with E-state index in [1.54, 1.807) is 6.20 Å². The lowest BCUT2D eigenvalue weighted by Gasteiger charge is -2.25. The summed E-state index contributed by atoms with van der Waals surface area (Å²) in [4.78, 5) is 18.2. The van der Waals surface area contributed by atoms with Crippen molar-refractivity contribution in [1.29, 1.82) is 0 Å². The minimum absolute atomic E-state index is 0.0144. The predicted molar refractivity (Wildman–Crippen MR) is 136 cm³/mol. The van der Waals surface area contributed by atoms with Crippen LogP contribution >= 0.6 is 11.8 Å². The molecule has 33 heavy (non-hydrogen) atoms. The van der Waals surface area contributed by atoms with Crippen molar-refractivity contribution in [3.8, 4) is 5.75 Å². The topological polar surface area (TPSA) is 53.4 Å². The van der Waals surface area contributed by atoms with Gasteiger partial charge in [0.1, 0.15) is 12.4 Å². The molecule has 6 heteroatoms. The Kier molecular flexibility index (Phi) is 7.78. The molecular weight excluding hydrogens is 432 g/mol. The molecule has 3 rings (SSSR count). The summed E-state index contributed by atoms with van der Waals surface area (Å²) in [5.74, 6) is 0.650. The van der Waals surface area contributed by atoms with Crippen LogP contribution in [0.3, 0.4) is 0 Å². The van der Waals surface area contributed by atoms with Crippen LogP contribution in [0.15, 0.2) is 47.5 Å². The number of hydrogen-bond acceptors (Lipinski definition) is 5. The fraction of sp³-hybridized carbons (Fsp3) is 0.481. The largest absolute Gasteiger partial charge is 0.487 e. The summed E-state index contributed by atoms with van der Waals surface area (Å²) >= 11 is 1.84. The molecule has 5 nitrogen and oxygen atoms in total.